The molecule has 0 saturated heterocycles. The molecule has 1 unspecified atom stereocenters. The minimum atomic E-state index is -2.87. The fourth-order valence-electron chi connectivity index (χ4n) is 0.903. The van der Waals surface area contributed by atoms with Crippen molar-refractivity contribution in [2.24, 2.45) is 0 Å². The van der Waals surface area contributed by atoms with Gasteiger partial charge in [-0.2, -0.15) is 5.10 Å². The zero-order valence-corrected chi connectivity index (χ0v) is 9.72. The Balaban J connectivity index is 0.000000487. The summed E-state index contributed by atoms with van der Waals surface area (Å²) in [4.78, 5) is 28.8. The van der Waals surface area contributed by atoms with Crippen molar-refractivity contribution in [2.45, 2.75) is 26.4 Å². The van der Waals surface area contributed by atoms with E-state index in [2.05, 4.69) is 15.2 Å². The van der Waals surface area contributed by atoms with Gasteiger partial charge in [0.2, 0.25) is 0 Å². The van der Waals surface area contributed by atoms with Crippen molar-refractivity contribution in [2.75, 3.05) is 0 Å². The van der Waals surface area contributed by atoms with Crippen LogP contribution in [-0.2, 0) is 14.1 Å². The van der Waals surface area contributed by atoms with Gasteiger partial charge >= 0.3 is 14.2 Å². The molecule has 0 aliphatic rings. The van der Waals surface area contributed by atoms with Crippen LogP contribution in [0.5, 0.6) is 0 Å². The van der Waals surface area contributed by atoms with E-state index in [4.69, 9.17) is 19.1 Å². The number of rotatable bonds is 3. The van der Waals surface area contributed by atoms with Crippen LogP contribution in [0.15, 0.2) is 6.33 Å². The van der Waals surface area contributed by atoms with Crippen LogP contribution in [0, 0.1) is 0 Å². The molecule has 0 radical (unpaired) electrons. The van der Waals surface area contributed by atoms with Gasteiger partial charge in [-0.05, 0) is 6.42 Å². The third kappa shape index (κ3) is 6.99. The quantitative estimate of drug-likeness (QED) is 0.525. The van der Waals surface area contributed by atoms with E-state index < -0.39 is 8.25 Å². The van der Waals surface area contributed by atoms with Gasteiger partial charge in [0, 0.05) is 11.5 Å². The highest BCUT2D eigenvalue weighted by Gasteiger charge is 2.14. The number of nitrogens with zero attached hydrogens (tertiary/aromatic N) is 2. The Hall–Kier alpha value is -1.37. The van der Waals surface area contributed by atoms with Crippen LogP contribution in [0.25, 0.3) is 0 Å². The van der Waals surface area contributed by atoms with Crippen molar-refractivity contribution in [3.05, 3.63) is 12.2 Å². The van der Waals surface area contributed by atoms with Gasteiger partial charge in [-0.3, -0.25) is 9.89 Å². The van der Waals surface area contributed by atoms with E-state index in [1.807, 2.05) is 6.92 Å². The molecule has 0 amide bonds. The van der Waals surface area contributed by atoms with Crippen molar-refractivity contribution >= 4 is 14.2 Å². The lowest BCUT2D eigenvalue weighted by Crippen LogP contribution is -2.09. The number of H-pyrrole nitrogens is 1. The summed E-state index contributed by atoms with van der Waals surface area (Å²) in [7, 11) is -2.87. The van der Waals surface area contributed by atoms with Gasteiger partial charge in [0.15, 0.2) is 11.9 Å². The second-order valence-electron chi connectivity index (χ2n) is 2.63. The summed E-state index contributed by atoms with van der Waals surface area (Å²) in [5.41, 5.74) is 0. The molecule has 0 bridgehead atoms. The first-order chi connectivity index (χ1) is 7.47. The Labute approximate surface area is 92.6 Å². The van der Waals surface area contributed by atoms with E-state index >= 15 is 0 Å². The highest BCUT2D eigenvalue weighted by molar-refractivity contribution is 7.30. The highest BCUT2D eigenvalue weighted by Crippen LogP contribution is 2.15. The third-order valence-electron chi connectivity index (χ3n) is 1.42. The number of nitrogens with one attached hydrogen (secondary N) is 1. The largest absolute Gasteiger partial charge is 0.692 e. The molecule has 1 aromatic heterocycles. The molecule has 0 aliphatic carbocycles. The number of carbonyl (C=O) groups is 1. The number of carbonyl (C=O) groups excluding carboxylic acids is 1. The van der Waals surface area contributed by atoms with Gasteiger partial charge in [-0.1, -0.05) is 6.92 Å². The summed E-state index contributed by atoms with van der Waals surface area (Å²) >= 11 is 0. The zero-order chi connectivity index (χ0) is 12.6. The van der Waals surface area contributed by atoms with Gasteiger partial charge < -0.3 is 4.74 Å². The molecule has 0 spiro atoms. The highest BCUT2D eigenvalue weighted by atomic mass is 31.1. The lowest BCUT2D eigenvalue weighted by Gasteiger charge is -2.10. The number of aromatic amines is 1. The fourth-order valence-corrected chi connectivity index (χ4v) is 0.903. The first kappa shape index (κ1) is 14.6. The lowest BCUT2D eigenvalue weighted by molar-refractivity contribution is -0.147. The average Bonchev–Trinajstić information content (AvgIpc) is 2.65. The normalized spacial score (nSPS) is 11.0. The van der Waals surface area contributed by atoms with Crippen molar-refractivity contribution in [3.8, 4) is 0 Å². The summed E-state index contributed by atoms with van der Waals surface area (Å²) in [6.45, 7) is 3.29. The van der Waals surface area contributed by atoms with Gasteiger partial charge in [0.1, 0.15) is 6.33 Å². The second kappa shape index (κ2) is 7.86. The molecule has 9 heteroatoms. The molecule has 1 heterocycles. The average molecular weight is 250 g/mol. The molecule has 1 atom stereocenters. The predicted molar refractivity (Wildman–Crippen MR) is 53.2 cm³/mol. The Morgan fingerprint density at radius 1 is 1.69 bits per heavy atom. The summed E-state index contributed by atoms with van der Waals surface area (Å²) in [5, 5.41) is 6.33. The van der Waals surface area contributed by atoms with Crippen LogP contribution in [0.1, 0.15) is 32.2 Å². The molecule has 1 rings (SSSR count). The zero-order valence-electron chi connectivity index (χ0n) is 8.82. The number of esters is 1. The molecule has 0 saturated carbocycles. The number of ether oxygens (including phenoxy) is 1. The SMILES string of the molecule is CCC(OC(C)=O)c1ncn[nH]1.O=[P+](O)O. The van der Waals surface area contributed by atoms with Crippen LogP contribution >= 0.6 is 8.25 Å². The minimum Gasteiger partial charge on any atom is -0.454 e. The maximum atomic E-state index is 10.6. The van der Waals surface area contributed by atoms with Crippen LogP contribution in [-0.4, -0.2) is 30.9 Å². The van der Waals surface area contributed by atoms with Crippen molar-refractivity contribution in [1.29, 1.82) is 0 Å². The van der Waals surface area contributed by atoms with E-state index in [9.17, 15) is 4.79 Å². The molecule has 0 aliphatic heterocycles. The van der Waals surface area contributed by atoms with E-state index in [0.29, 0.717) is 12.2 Å². The van der Waals surface area contributed by atoms with Gasteiger partial charge in [-0.15, -0.1) is 9.79 Å². The minimum absolute atomic E-state index is 0.301. The fraction of sp³-hybridized carbons (Fsp3) is 0.571. The standard InChI is InChI=1S/C7H11N3O2.HO3P/c1-3-6(12-5(2)11)7-8-4-9-10-7;1-4(2)3/h4,6H,3H2,1-2H3,(H,8,9,10);(H-,1,2,3)/p+1. The van der Waals surface area contributed by atoms with E-state index in [1.54, 1.807) is 0 Å². The number of hydrogen-bond donors (Lipinski definition) is 3. The maximum Gasteiger partial charge on any atom is 0.692 e. The topological polar surface area (TPSA) is 125 Å². The molecular weight excluding hydrogens is 237 g/mol. The Kier molecular flexibility index (Phi) is 7.19. The summed E-state index contributed by atoms with van der Waals surface area (Å²) in [5.74, 6) is 0.283. The van der Waals surface area contributed by atoms with E-state index in [-0.39, 0.29) is 12.1 Å². The summed E-state index contributed by atoms with van der Waals surface area (Å²) in [6, 6.07) is 0. The van der Waals surface area contributed by atoms with Crippen molar-refractivity contribution in [3.63, 3.8) is 0 Å². The number of aromatic nitrogens is 3. The van der Waals surface area contributed by atoms with Gasteiger partial charge in [0.05, 0.1) is 0 Å². The predicted octanol–water partition coefficient (Wildman–Crippen LogP) is 0.447. The number of hydrogen-bond acceptors (Lipinski definition) is 5. The molecule has 3 N–H and O–H groups in total. The smallest absolute Gasteiger partial charge is 0.454 e. The Bertz CT molecular complexity index is 325. The first-order valence-corrected chi connectivity index (χ1v) is 5.51. The molecule has 8 nitrogen and oxygen atoms in total. The van der Waals surface area contributed by atoms with Gasteiger partial charge in [-0.25, -0.2) is 4.98 Å². The first-order valence-electron chi connectivity index (χ1n) is 4.34. The molecule has 0 aromatic carbocycles. The van der Waals surface area contributed by atoms with Gasteiger partial charge in [0.25, 0.3) is 0 Å². The molecule has 16 heavy (non-hydrogen) atoms. The Morgan fingerprint density at radius 2 is 2.25 bits per heavy atom. The van der Waals surface area contributed by atoms with Crippen LogP contribution in [0.3, 0.4) is 0 Å². The van der Waals surface area contributed by atoms with E-state index in [0.717, 1.165) is 0 Å². The lowest BCUT2D eigenvalue weighted by atomic mass is 10.2. The molecule has 90 valence electrons. The Morgan fingerprint density at radius 3 is 2.56 bits per heavy atom. The van der Waals surface area contributed by atoms with Crippen LogP contribution in [0.4, 0.5) is 0 Å². The van der Waals surface area contributed by atoms with Crippen molar-refractivity contribution in [1.82, 2.24) is 15.2 Å². The summed E-state index contributed by atoms with van der Waals surface area (Å²) in [6.07, 6.45) is 1.78. The molecule has 1 aromatic rings. The molecular formula is C7H13N3O5P+. The van der Waals surface area contributed by atoms with Crippen LogP contribution in [0.2, 0.25) is 0 Å². The third-order valence-corrected chi connectivity index (χ3v) is 1.42. The maximum absolute atomic E-state index is 10.6. The van der Waals surface area contributed by atoms with Crippen LogP contribution < -0.4 is 0 Å². The monoisotopic (exact) mass is 250 g/mol. The van der Waals surface area contributed by atoms with Crippen molar-refractivity contribution < 1.29 is 23.9 Å². The molecule has 0 fully saturated rings. The second-order valence-corrected chi connectivity index (χ2v) is 3.14. The van der Waals surface area contributed by atoms with E-state index in [1.165, 1.54) is 13.3 Å². The summed E-state index contributed by atoms with van der Waals surface area (Å²) < 4.78 is 13.7.